The Morgan fingerprint density at radius 3 is 2.67 bits per heavy atom. The molecule has 0 saturated carbocycles. The van der Waals surface area contributed by atoms with E-state index >= 15 is 0 Å². The predicted molar refractivity (Wildman–Crippen MR) is 83.9 cm³/mol. The quantitative estimate of drug-likeness (QED) is 0.781. The van der Waals surface area contributed by atoms with Crippen LogP contribution in [0.4, 0.5) is 10.1 Å². The molecule has 1 aromatic carbocycles. The molecule has 2 rings (SSSR count). The molecule has 0 unspecified atom stereocenters. The van der Waals surface area contributed by atoms with Gasteiger partial charge in [-0.1, -0.05) is 0 Å². The molecule has 0 aliphatic carbocycles. The number of halogens is 2. The Balaban J connectivity index is 2.07. The summed E-state index contributed by atoms with van der Waals surface area (Å²) in [6, 6.07) is 2.20. The van der Waals surface area contributed by atoms with E-state index in [9.17, 15) is 12.8 Å². The van der Waals surface area contributed by atoms with Crippen molar-refractivity contribution in [3.63, 3.8) is 0 Å². The van der Waals surface area contributed by atoms with Gasteiger partial charge in [0, 0.05) is 16.7 Å². The Bertz CT molecular complexity index is 616. The average Bonchev–Trinajstić information content (AvgIpc) is 2.42. The standard InChI is InChI=1S/C13H19BrFN3O2S/c1-18-4-2-9(3-5-18)8-17-21(19,20)13-7-12(16)10(14)6-11(13)15/h6-7,9,17H,2-5,8,16H2,1H3. The fraction of sp³-hybridized carbons (Fsp3) is 0.538. The van der Waals surface area contributed by atoms with Crippen molar-refractivity contribution in [2.75, 3.05) is 32.4 Å². The number of piperidine rings is 1. The summed E-state index contributed by atoms with van der Waals surface area (Å²) in [6.45, 7) is 2.23. The topological polar surface area (TPSA) is 75.4 Å². The van der Waals surface area contributed by atoms with Crippen LogP contribution < -0.4 is 10.5 Å². The van der Waals surface area contributed by atoms with Gasteiger partial charge in [0.2, 0.25) is 10.0 Å². The molecule has 8 heteroatoms. The highest BCUT2D eigenvalue weighted by atomic mass is 79.9. The van der Waals surface area contributed by atoms with Crippen molar-refractivity contribution in [3.05, 3.63) is 22.4 Å². The van der Waals surface area contributed by atoms with Crippen molar-refractivity contribution < 1.29 is 12.8 Å². The first-order chi connectivity index (χ1) is 9.79. The fourth-order valence-electron chi connectivity index (χ4n) is 2.32. The first kappa shape index (κ1) is 16.7. The van der Waals surface area contributed by atoms with Gasteiger partial charge in [0.05, 0.1) is 0 Å². The molecule has 0 bridgehead atoms. The van der Waals surface area contributed by atoms with E-state index in [1.165, 1.54) is 0 Å². The van der Waals surface area contributed by atoms with Gasteiger partial charge in [-0.2, -0.15) is 0 Å². The van der Waals surface area contributed by atoms with Crippen LogP contribution in [0.2, 0.25) is 0 Å². The number of nitrogens with zero attached hydrogens (tertiary/aromatic N) is 1. The molecule has 1 aromatic rings. The molecule has 1 aliphatic heterocycles. The van der Waals surface area contributed by atoms with E-state index < -0.39 is 20.7 Å². The Hall–Kier alpha value is -0.700. The van der Waals surface area contributed by atoms with Crippen LogP contribution in [-0.4, -0.2) is 40.0 Å². The highest BCUT2D eigenvalue weighted by Gasteiger charge is 2.23. The van der Waals surface area contributed by atoms with Crippen LogP contribution in [0, 0.1) is 11.7 Å². The van der Waals surface area contributed by atoms with E-state index in [4.69, 9.17) is 5.73 Å². The van der Waals surface area contributed by atoms with Crippen LogP contribution in [0.1, 0.15) is 12.8 Å². The zero-order valence-electron chi connectivity index (χ0n) is 11.8. The van der Waals surface area contributed by atoms with Crippen LogP contribution >= 0.6 is 15.9 Å². The van der Waals surface area contributed by atoms with E-state index in [1.807, 2.05) is 7.05 Å². The molecule has 0 radical (unpaired) electrons. The molecular formula is C13H19BrFN3O2S. The lowest BCUT2D eigenvalue weighted by Gasteiger charge is -2.28. The fourth-order valence-corrected chi connectivity index (χ4v) is 3.85. The lowest BCUT2D eigenvalue weighted by Crippen LogP contribution is -2.37. The Labute approximate surface area is 132 Å². The van der Waals surface area contributed by atoms with Gasteiger partial charge in [0.25, 0.3) is 0 Å². The minimum absolute atomic E-state index is 0.191. The number of hydrogen-bond acceptors (Lipinski definition) is 4. The van der Waals surface area contributed by atoms with Crippen molar-refractivity contribution in [3.8, 4) is 0 Å². The summed E-state index contributed by atoms with van der Waals surface area (Å²) in [5.41, 5.74) is 5.82. The number of hydrogen-bond donors (Lipinski definition) is 2. The summed E-state index contributed by atoms with van der Waals surface area (Å²) in [6.07, 6.45) is 1.87. The van der Waals surface area contributed by atoms with E-state index in [2.05, 4.69) is 25.6 Å². The van der Waals surface area contributed by atoms with Crippen molar-refractivity contribution in [1.82, 2.24) is 9.62 Å². The molecule has 0 aromatic heterocycles. The smallest absolute Gasteiger partial charge is 0.243 e. The zero-order chi connectivity index (χ0) is 15.6. The second kappa shape index (κ2) is 6.60. The van der Waals surface area contributed by atoms with Crippen molar-refractivity contribution in [2.45, 2.75) is 17.7 Å². The summed E-state index contributed by atoms with van der Waals surface area (Å²) in [5.74, 6) is -0.529. The molecule has 3 N–H and O–H groups in total. The Kier molecular flexibility index (Phi) is 5.24. The molecule has 1 saturated heterocycles. The molecule has 118 valence electrons. The number of sulfonamides is 1. The minimum atomic E-state index is -3.88. The van der Waals surface area contributed by atoms with Gasteiger partial charge in [0.1, 0.15) is 10.7 Å². The first-order valence-corrected chi connectivity index (χ1v) is 9.00. The SMILES string of the molecule is CN1CCC(CNS(=O)(=O)c2cc(N)c(Br)cc2F)CC1. The minimum Gasteiger partial charge on any atom is -0.398 e. The van der Waals surface area contributed by atoms with Gasteiger partial charge in [-0.25, -0.2) is 17.5 Å². The summed E-state index contributed by atoms with van der Waals surface area (Å²) in [7, 11) is -1.84. The van der Waals surface area contributed by atoms with Crippen molar-refractivity contribution >= 4 is 31.6 Å². The van der Waals surface area contributed by atoms with E-state index in [1.54, 1.807) is 0 Å². The maximum Gasteiger partial charge on any atom is 0.243 e. The van der Waals surface area contributed by atoms with Crippen LogP contribution in [0.25, 0.3) is 0 Å². The largest absolute Gasteiger partial charge is 0.398 e. The molecule has 0 atom stereocenters. The summed E-state index contributed by atoms with van der Waals surface area (Å²) in [4.78, 5) is 1.80. The monoisotopic (exact) mass is 379 g/mol. The zero-order valence-corrected chi connectivity index (χ0v) is 14.2. The molecule has 21 heavy (non-hydrogen) atoms. The van der Waals surface area contributed by atoms with Gasteiger partial charge in [-0.3, -0.25) is 0 Å². The molecule has 1 fully saturated rings. The summed E-state index contributed by atoms with van der Waals surface area (Å²) in [5, 5.41) is 0. The molecular weight excluding hydrogens is 361 g/mol. The first-order valence-electron chi connectivity index (χ1n) is 6.72. The number of rotatable bonds is 4. The maximum atomic E-state index is 13.8. The predicted octanol–water partition coefficient (Wildman–Crippen LogP) is 1.79. The van der Waals surface area contributed by atoms with E-state index in [0.29, 0.717) is 11.0 Å². The molecule has 1 aliphatic rings. The second-order valence-corrected chi connectivity index (χ2v) is 7.99. The highest BCUT2D eigenvalue weighted by molar-refractivity contribution is 9.10. The number of nitrogens with two attached hydrogens (primary N) is 1. The number of anilines is 1. The van der Waals surface area contributed by atoms with Crippen molar-refractivity contribution in [1.29, 1.82) is 0 Å². The number of nitrogens with one attached hydrogen (secondary N) is 1. The van der Waals surface area contributed by atoms with Crippen molar-refractivity contribution in [2.24, 2.45) is 5.92 Å². The lowest BCUT2D eigenvalue weighted by atomic mass is 9.98. The number of benzene rings is 1. The molecule has 5 nitrogen and oxygen atoms in total. The van der Waals surface area contributed by atoms with Gasteiger partial charge >= 0.3 is 0 Å². The lowest BCUT2D eigenvalue weighted by molar-refractivity contribution is 0.220. The second-order valence-electron chi connectivity index (χ2n) is 5.40. The third kappa shape index (κ3) is 4.15. The Morgan fingerprint density at radius 1 is 1.43 bits per heavy atom. The normalized spacial score (nSPS) is 18.0. The van der Waals surface area contributed by atoms with Crippen LogP contribution in [-0.2, 0) is 10.0 Å². The molecule has 0 amide bonds. The number of likely N-dealkylation sites (tertiary alicyclic amines) is 1. The van der Waals surface area contributed by atoms with Gasteiger partial charge in [0.15, 0.2) is 0 Å². The van der Waals surface area contributed by atoms with Crippen LogP contribution in [0.3, 0.4) is 0 Å². The number of nitrogen functional groups attached to an aromatic ring is 1. The highest BCUT2D eigenvalue weighted by Crippen LogP contribution is 2.26. The molecule has 0 spiro atoms. The van der Waals surface area contributed by atoms with Gasteiger partial charge < -0.3 is 10.6 Å². The molecule has 1 heterocycles. The van der Waals surface area contributed by atoms with E-state index in [0.717, 1.165) is 38.1 Å². The Morgan fingerprint density at radius 2 is 2.05 bits per heavy atom. The van der Waals surface area contributed by atoms with E-state index in [-0.39, 0.29) is 11.6 Å². The summed E-state index contributed by atoms with van der Waals surface area (Å²) < 4.78 is 41.0. The summed E-state index contributed by atoms with van der Waals surface area (Å²) >= 11 is 3.07. The average molecular weight is 380 g/mol. The maximum absolute atomic E-state index is 13.8. The van der Waals surface area contributed by atoms with Gasteiger partial charge in [-0.05, 0) is 67.0 Å². The third-order valence-electron chi connectivity index (χ3n) is 3.74. The van der Waals surface area contributed by atoms with Gasteiger partial charge in [-0.15, -0.1) is 0 Å². The third-order valence-corrected chi connectivity index (χ3v) is 5.87. The van der Waals surface area contributed by atoms with Crippen LogP contribution in [0.15, 0.2) is 21.5 Å². The van der Waals surface area contributed by atoms with Crippen LogP contribution in [0.5, 0.6) is 0 Å².